The maximum absolute atomic E-state index is 12.0. The Kier molecular flexibility index (Phi) is 9.33. The number of aliphatic carboxylic acids is 1. The molecular weight excluding hydrogens is 230 g/mol. The van der Waals surface area contributed by atoms with E-state index in [1.807, 2.05) is 0 Å². The van der Waals surface area contributed by atoms with Crippen LogP contribution in [0.3, 0.4) is 0 Å². The lowest BCUT2D eigenvalue weighted by molar-refractivity contribution is -0.150. The summed E-state index contributed by atoms with van der Waals surface area (Å²) in [6.07, 6.45) is 6.29. The van der Waals surface area contributed by atoms with Crippen LogP contribution in [-0.4, -0.2) is 35.0 Å². The molecule has 1 atom stereocenters. The lowest BCUT2D eigenvalue weighted by Crippen LogP contribution is -2.39. The number of carbonyl (C=O) groups excluding carboxylic acids is 1. The molecule has 0 aliphatic rings. The van der Waals surface area contributed by atoms with E-state index < -0.39 is 11.9 Å². The van der Waals surface area contributed by atoms with Crippen molar-refractivity contribution in [3.8, 4) is 0 Å². The predicted molar refractivity (Wildman–Crippen MR) is 72.4 cm³/mol. The first kappa shape index (κ1) is 16.9. The van der Waals surface area contributed by atoms with Gasteiger partial charge in [0.2, 0.25) is 5.91 Å². The minimum atomic E-state index is -1.03. The molecule has 1 N–H and O–H groups in total. The van der Waals surface area contributed by atoms with Gasteiger partial charge < -0.3 is 10.0 Å². The zero-order valence-electron chi connectivity index (χ0n) is 11.9. The third-order valence-electron chi connectivity index (χ3n) is 3.12. The fraction of sp³-hybridized carbons (Fsp3) is 0.857. The van der Waals surface area contributed by atoms with Crippen LogP contribution in [0.1, 0.15) is 59.3 Å². The lowest BCUT2D eigenvalue weighted by Gasteiger charge is -2.24. The molecule has 0 radical (unpaired) electrons. The SMILES string of the molecule is CCCCCN(CCCCC)C(=O)C(C)C(=O)O. The summed E-state index contributed by atoms with van der Waals surface area (Å²) < 4.78 is 0. The van der Waals surface area contributed by atoms with Crippen LogP contribution >= 0.6 is 0 Å². The Morgan fingerprint density at radius 1 is 1.00 bits per heavy atom. The van der Waals surface area contributed by atoms with Crippen LogP contribution in [0.2, 0.25) is 0 Å². The largest absolute Gasteiger partial charge is 0.481 e. The lowest BCUT2D eigenvalue weighted by atomic mass is 10.1. The van der Waals surface area contributed by atoms with E-state index >= 15 is 0 Å². The molecule has 4 heteroatoms. The van der Waals surface area contributed by atoms with E-state index in [1.165, 1.54) is 6.92 Å². The summed E-state index contributed by atoms with van der Waals surface area (Å²) in [4.78, 5) is 24.6. The van der Waals surface area contributed by atoms with E-state index in [9.17, 15) is 9.59 Å². The van der Waals surface area contributed by atoms with Gasteiger partial charge in [0.25, 0.3) is 0 Å². The molecule has 106 valence electrons. The van der Waals surface area contributed by atoms with Crippen molar-refractivity contribution in [1.29, 1.82) is 0 Å². The van der Waals surface area contributed by atoms with Crippen molar-refractivity contribution in [1.82, 2.24) is 4.90 Å². The van der Waals surface area contributed by atoms with Gasteiger partial charge in [-0.2, -0.15) is 0 Å². The van der Waals surface area contributed by atoms with Crippen LogP contribution < -0.4 is 0 Å². The summed E-state index contributed by atoms with van der Waals surface area (Å²) in [5.74, 6) is -2.20. The molecule has 0 spiro atoms. The highest BCUT2D eigenvalue weighted by molar-refractivity contribution is 5.96. The molecule has 0 rings (SSSR count). The highest BCUT2D eigenvalue weighted by Gasteiger charge is 2.25. The summed E-state index contributed by atoms with van der Waals surface area (Å²) in [6.45, 7) is 7.07. The van der Waals surface area contributed by atoms with Crippen molar-refractivity contribution < 1.29 is 14.7 Å². The van der Waals surface area contributed by atoms with Crippen LogP contribution in [0.15, 0.2) is 0 Å². The van der Waals surface area contributed by atoms with Gasteiger partial charge >= 0.3 is 5.97 Å². The van der Waals surface area contributed by atoms with Crippen molar-refractivity contribution >= 4 is 11.9 Å². The fourth-order valence-electron chi connectivity index (χ4n) is 1.82. The highest BCUT2D eigenvalue weighted by Crippen LogP contribution is 2.08. The number of carboxylic acids is 1. The summed E-state index contributed by atoms with van der Waals surface area (Å²) in [5, 5.41) is 8.90. The summed E-state index contributed by atoms with van der Waals surface area (Å²) in [7, 11) is 0. The molecule has 1 amide bonds. The number of amides is 1. The molecule has 0 bridgehead atoms. The molecule has 18 heavy (non-hydrogen) atoms. The average molecular weight is 257 g/mol. The normalized spacial score (nSPS) is 12.2. The topological polar surface area (TPSA) is 57.6 Å². The van der Waals surface area contributed by atoms with Crippen molar-refractivity contribution in [3.05, 3.63) is 0 Å². The summed E-state index contributed by atoms with van der Waals surface area (Å²) >= 11 is 0. The first-order chi connectivity index (χ1) is 8.54. The minimum absolute atomic E-state index is 0.241. The Morgan fingerprint density at radius 3 is 1.78 bits per heavy atom. The fourth-order valence-corrected chi connectivity index (χ4v) is 1.82. The molecule has 0 fully saturated rings. The first-order valence-corrected chi connectivity index (χ1v) is 7.06. The number of hydrogen-bond donors (Lipinski definition) is 1. The van der Waals surface area contributed by atoms with E-state index in [1.54, 1.807) is 4.90 Å². The summed E-state index contributed by atoms with van der Waals surface area (Å²) in [5.41, 5.74) is 0. The average Bonchev–Trinajstić information content (AvgIpc) is 2.35. The van der Waals surface area contributed by atoms with Gasteiger partial charge in [0.05, 0.1) is 0 Å². The van der Waals surface area contributed by atoms with Crippen molar-refractivity contribution in [3.63, 3.8) is 0 Å². The first-order valence-electron chi connectivity index (χ1n) is 7.06. The number of nitrogens with zero attached hydrogens (tertiary/aromatic N) is 1. The molecule has 0 aliphatic carbocycles. The van der Waals surface area contributed by atoms with Crippen molar-refractivity contribution in [2.24, 2.45) is 5.92 Å². The molecule has 0 heterocycles. The van der Waals surface area contributed by atoms with Crippen molar-refractivity contribution in [2.45, 2.75) is 59.3 Å². The predicted octanol–water partition coefficient (Wildman–Crippen LogP) is 2.92. The quantitative estimate of drug-likeness (QED) is 0.483. The Hall–Kier alpha value is -1.06. The van der Waals surface area contributed by atoms with Crippen LogP contribution in [0.4, 0.5) is 0 Å². The minimum Gasteiger partial charge on any atom is -0.481 e. The molecule has 1 unspecified atom stereocenters. The van der Waals surface area contributed by atoms with Crippen LogP contribution in [0, 0.1) is 5.92 Å². The van der Waals surface area contributed by atoms with Gasteiger partial charge in [-0.05, 0) is 19.8 Å². The monoisotopic (exact) mass is 257 g/mol. The Balaban J connectivity index is 4.33. The van der Waals surface area contributed by atoms with E-state index in [0.717, 1.165) is 38.5 Å². The van der Waals surface area contributed by atoms with Gasteiger partial charge in [0.1, 0.15) is 5.92 Å². The molecule has 0 saturated heterocycles. The maximum atomic E-state index is 12.0. The summed E-state index contributed by atoms with van der Waals surface area (Å²) in [6, 6.07) is 0. The number of rotatable bonds is 10. The second-order valence-corrected chi connectivity index (χ2v) is 4.80. The molecule has 4 nitrogen and oxygen atoms in total. The van der Waals surface area contributed by atoms with E-state index in [0.29, 0.717) is 13.1 Å². The zero-order chi connectivity index (χ0) is 14.0. The number of hydrogen-bond acceptors (Lipinski definition) is 2. The van der Waals surface area contributed by atoms with Crippen LogP contribution in [0.25, 0.3) is 0 Å². The number of unbranched alkanes of at least 4 members (excludes halogenated alkanes) is 4. The highest BCUT2D eigenvalue weighted by atomic mass is 16.4. The van der Waals surface area contributed by atoms with E-state index in [2.05, 4.69) is 13.8 Å². The molecule has 0 aromatic carbocycles. The number of carbonyl (C=O) groups is 2. The van der Waals surface area contributed by atoms with Gasteiger partial charge in [-0.15, -0.1) is 0 Å². The van der Waals surface area contributed by atoms with E-state index in [-0.39, 0.29) is 5.91 Å². The molecule has 0 saturated carbocycles. The second kappa shape index (κ2) is 9.92. The molecule has 0 aromatic rings. The van der Waals surface area contributed by atoms with E-state index in [4.69, 9.17) is 5.11 Å². The van der Waals surface area contributed by atoms with Gasteiger partial charge in [0, 0.05) is 13.1 Å². The third kappa shape index (κ3) is 6.62. The zero-order valence-corrected chi connectivity index (χ0v) is 11.9. The Morgan fingerprint density at radius 2 is 1.44 bits per heavy atom. The van der Waals surface area contributed by atoms with Gasteiger partial charge in [-0.25, -0.2) is 0 Å². The van der Waals surface area contributed by atoms with Crippen LogP contribution in [0.5, 0.6) is 0 Å². The molecular formula is C14H27NO3. The van der Waals surface area contributed by atoms with Gasteiger partial charge in [-0.1, -0.05) is 39.5 Å². The van der Waals surface area contributed by atoms with Gasteiger partial charge in [0.15, 0.2) is 0 Å². The second-order valence-electron chi connectivity index (χ2n) is 4.80. The molecule has 0 aromatic heterocycles. The smallest absolute Gasteiger partial charge is 0.315 e. The number of carboxylic acid groups (broad SMARTS) is 1. The van der Waals surface area contributed by atoms with Gasteiger partial charge in [-0.3, -0.25) is 9.59 Å². The standard InChI is InChI=1S/C14H27NO3/c1-4-6-8-10-15(11-9-7-5-2)13(16)12(3)14(17)18/h12H,4-11H2,1-3H3,(H,17,18). The van der Waals surface area contributed by atoms with Crippen LogP contribution in [-0.2, 0) is 9.59 Å². The maximum Gasteiger partial charge on any atom is 0.315 e. The molecule has 0 aliphatic heterocycles. The third-order valence-corrected chi connectivity index (χ3v) is 3.12. The Bertz CT molecular complexity index is 243. The van der Waals surface area contributed by atoms with Crippen molar-refractivity contribution in [2.75, 3.05) is 13.1 Å². The Labute approximate surface area is 110 Å².